The molecule has 0 saturated heterocycles. The van der Waals surface area contributed by atoms with Gasteiger partial charge in [0.05, 0.1) is 29.2 Å². The van der Waals surface area contributed by atoms with Crippen molar-refractivity contribution in [1.29, 1.82) is 0 Å². The zero-order valence-electron chi connectivity index (χ0n) is 16.3. The Kier molecular flexibility index (Phi) is 6.23. The number of phenolic OH excluding ortho intramolecular Hbond substituents is 1. The molecule has 0 aromatic heterocycles. The second kappa shape index (κ2) is 8.47. The Hall–Kier alpha value is -2.15. The normalized spacial score (nSPS) is 21.9. The first-order valence-corrected chi connectivity index (χ1v) is 10.3. The van der Waals surface area contributed by atoms with Crippen molar-refractivity contribution in [3.8, 4) is 11.5 Å². The number of aliphatic imine (C=N–C) groups is 1. The fourth-order valence-electron chi connectivity index (χ4n) is 3.99. The summed E-state index contributed by atoms with van der Waals surface area (Å²) in [4.78, 5) is 30.2. The summed E-state index contributed by atoms with van der Waals surface area (Å²) in [7, 11) is 0. The number of halogens is 1. The number of phenols is 1. The monoisotopic (exact) mass is 449 g/mol. The lowest BCUT2D eigenvalue weighted by Gasteiger charge is -2.35. The number of carbonyl (C=O) groups excluding carboxylic acids is 2. The lowest BCUT2D eigenvalue weighted by Crippen LogP contribution is -2.39. The molecule has 1 unspecified atom stereocenters. The number of allylic oxidation sites excluding steroid dienone is 1. The van der Waals surface area contributed by atoms with Crippen LogP contribution in [0.1, 0.15) is 51.5 Å². The first-order valence-electron chi connectivity index (χ1n) is 9.52. The van der Waals surface area contributed by atoms with E-state index in [9.17, 15) is 14.7 Å². The van der Waals surface area contributed by atoms with Crippen LogP contribution in [0.4, 0.5) is 0 Å². The summed E-state index contributed by atoms with van der Waals surface area (Å²) in [6.07, 6.45) is 1.97. The maximum absolute atomic E-state index is 12.9. The largest absolute Gasteiger partial charge is 0.503 e. The predicted molar refractivity (Wildman–Crippen MR) is 109 cm³/mol. The minimum Gasteiger partial charge on any atom is -0.503 e. The van der Waals surface area contributed by atoms with E-state index in [1.54, 1.807) is 26.0 Å². The summed E-state index contributed by atoms with van der Waals surface area (Å²) in [6, 6.07) is 3.44. The maximum atomic E-state index is 12.9. The number of carbonyl (C=O) groups is 2. The van der Waals surface area contributed by atoms with E-state index in [0.29, 0.717) is 40.1 Å². The molecule has 2 aliphatic rings. The fourth-order valence-corrected chi connectivity index (χ4v) is 4.45. The number of aromatic hydroxyl groups is 1. The molecule has 1 fully saturated rings. The molecule has 1 aromatic rings. The van der Waals surface area contributed by atoms with E-state index < -0.39 is 17.8 Å². The number of ether oxygens (including phenoxy) is 2. The van der Waals surface area contributed by atoms with Gasteiger partial charge < -0.3 is 14.6 Å². The molecule has 0 bridgehead atoms. The van der Waals surface area contributed by atoms with Crippen molar-refractivity contribution in [1.82, 2.24) is 0 Å². The number of ketones is 1. The number of fused-ring (bicyclic) bond motifs is 1. The number of nitrogens with zero attached hydrogens (tertiary/aromatic N) is 1. The molecular formula is C21H24BrNO5. The smallest absolute Gasteiger partial charge is 0.336 e. The number of hydrogen-bond acceptors (Lipinski definition) is 6. The Morgan fingerprint density at radius 1 is 1.25 bits per heavy atom. The molecule has 0 radical (unpaired) electrons. The van der Waals surface area contributed by atoms with Gasteiger partial charge in [0.15, 0.2) is 11.5 Å². The topological polar surface area (TPSA) is 85.2 Å². The highest BCUT2D eigenvalue weighted by Gasteiger charge is 2.44. The summed E-state index contributed by atoms with van der Waals surface area (Å²) in [5.74, 6) is -1.11. The fraction of sp³-hybridized carbons (Fsp3) is 0.476. The predicted octanol–water partition coefficient (Wildman–Crippen LogP) is 4.30. The van der Waals surface area contributed by atoms with Crippen molar-refractivity contribution >= 4 is 33.4 Å². The summed E-state index contributed by atoms with van der Waals surface area (Å²) in [5, 5.41) is 10.3. The molecule has 150 valence electrons. The summed E-state index contributed by atoms with van der Waals surface area (Å²) in [6.45, 7) is 5.96. The standard InChI is InChI=1S/C21H24BrNO5/c1-4-27-16-10-12(9-13(22)20(16)25)18-17(21(26)28-5-2)11(3)23-14-7-6-8-15(24)19(14)18/h9-10,18-19,25H,4-8H2,1-3H3/t18-,19?/m0/s1. The van der Waals surface area contributed by atoms with Crippen molar-refractivity contribution in [2.45, 2.75) is 46.0 Å². The molecule has 7 heteroatoms. The van der Waals surface area contributed by atoms with E-state index in [1.165, 1.54) is 0 Å². The van der Waals surface area contributed by atoms with E-state index in [-0.39, 0.29) is 18.1 Å². The van der Waals surface area contributed by atoms with Crippen LogP contribution in [-0.2, 0) is 14.3 Å². The van der Waals surface area contributed by atoms with Crippen molar-refractivity contribution < 1.29 is 24.2 Å². The molecule has 1 aromatic carbocycles. The van der Waals surface area contributed by atoms with Gasteiger partial charge in [0, 0.05) is 23.7 Å². The van der Waals surface area contributed by atoms with Crippen LogP contribution in [0.25, 0.3) is 0 Å². The van der Waals surface area contributed by atoms with Crippen LogP contribution in [0.3, 0.4) is 0 Å². The number of esters is 1. The molecule has 3 rings (SSSR count). The van der Waals surface area contributed by atoms with E-state index in [4.69, 9.17) is 9.47 Å². The van der Waals surface area contributed by atoms with E-state index in [2.05, 4.69) is 20.9 Å². The van der Waals surface area contributed by atoms with E-state index >= 15 is 0 Å². The Labute approximate surface area is 172 Å². The summed E-state index contributed by atoms with van der Waals surface area (Å²) < 4.78 is 11.3. The van der Waals surface area contributed by atoms with Gasteiger partial charge in [0.1, 0.15) is 5.78 Å². The number of Topliss-reactive ketones (excluding diaryl/α,β-unsaturated/α-hetero) is 1. The van der Waals surface area contributed by atoms with Gasteiger partial charge in [0.25, 0.3) is 0 Å². The highest BCUT2D eigenvalue weighted by Crippen LogP contribution is 2.46. The van der Waals surface area contributed by atoms with Gasteiger partial charge in [-0.25, -0.2) is 4.79 Å². The summed E-state index contributed by atoms with van der Waals surface area (Å²) in [5.41, 5.74) is 2.49. The molecule has 6 nitrogen and oxygen atoms in total. The van der Waals surface area contributed by atoms with Gasteiger partial charge in [-0.05, 0) is 67.2 Å². The number of benzene rings is 1. The van der Waals surface area contributed by atoms with Crippen LogP contribution >= 0.6 is 15.9 Å². The lowest BCUT2D eigenvalue weighted by molar-refractivity contribution is -0.139. The first kappa shape index (κ1) is 20.6. The van der Waals surface area contributed by atoms with Gasteiger partial charge in [0.2, 0.25) is 0 Å². The molecule has 1 heterocycles. The van der Waals surface area contributed by atoms with Gasteiger partial charge in [-0.15, -0.1) is 0 Å². The van der Waals surface area contributed by atoms with Crippen LogP contribution in [-0.4, -0.2) is 35.8 Å². The third kappa shape index (κ3) is 3.72. The average molecular weight is 450 g/mol. The third-order valence-corrected chi connectivity index (χ3v) is 5.72. The van der Waals surface area contributed by atoms with Gasteiger partial charge in [-0.2, -0.15) is 0 Å². The zero-order valence-corrected chi connectivity index (χ0v) is 17.8. The van der Waals surface area contributed by atoms with Crippen molar-refractivity contribution in [3.05, 3.63) is 33.4 Å². The molecule has 0 amide bonds. The molecular weight excluding hydrogens is 426 g/mol. The maximum Gasteiger partial charge on any atom is 0.336 e. The van der Waals surface area contributed by atoms with Crippen LogP contribution < -0.4 is 4.74 Å². The second-order valence-corrected chi connectivity index (χ2v) is 7.73. The van der Waals surface area contributed by atoms with Crippen LogP contribution in [0, 0.1) is 5.92 Å². The van der Waals surface area contributed by atoms with Gasteiger partial charge in [-0.1, -0.05) is 0 Å². The number of rotatable bonds is 5. The molecule has 2 atom stereocenters. The zero-order chi connectivity index (χ0) is 20.4. The average Bonchev–Trinajstić information content (AvgIpc) is 2.64. The Bertz CT molecular complexity index is 874. The lowest BCUT2D eigenvalue weighted by atomic mass is 9.69. The van der Waals surface area contributed by atoms with Crippen molar-refractivity contribution in [2.24, 2.45) is 10.9 Å². The molecule has 1 aliphatic carbocycles. The van der Waals surface area contributed by atoms with Crippen molar-refractivity contribution in [3.63, 3.8) is 0 Å². The van der Waals surface area contributed by atoms with E-state index in [1.807, 2.05) is 6.92 Å². The van der Waals surface area contributed by atoms with Crippen molar-refractivity contribution in [2.75, 3.05) is 13.2 Å². The van der Waals surface area contributed by atoms with E-state index in [0.717, 1.165) is 18.6 Å². The first-order chi connectivity index (χ1) is 13.4. The van der Waals surface area contributed by atoms with Crippen LogP contribution in [0.5, 0.6) is 11.5 Å². The molecule has 28 heavy (non-hydrogen) atoms. The number of hydrogen-bond donors (Lipinski definition) is 1. The minimum atomic E-state index is -0.518. The summed E-state index contributed by atoms with van der Waals surface area (Å²) >= 11 is 3.36. The Morgan fingerprint density at radius 3 is 2.68 bits per heavy atom. The van der Waals surface area contributed by atoms with Crippen LogP contribution in [0.15, 0.2) is 32.9 Å². The third-order valence-electron chi connectivity index (χ3n) is 5.11. The highest BCUT2D eigenvalue weighted by molar-refractivity contribution is 9.10. The Morgan fingerprint density at radius 2 is 2.00 bits per heavy atom. The van der Waals surface area contributed by atoms with Gasteiger partial charge >= 0.3 is 5.97 Å². The Balaban J connectivity index is 2.20. The quantitative estimate of drug-likeness (QED) is 0.677. The van der Waals surface area contributed by atoms with Crippen LogP contribution in [0.2, 0.25) is 0 Å². The van der Waals surface area contributed by atoms with Gasteiger partial charge in [-0.3, -0.25) is 9.79 Å². The SMILES string of the molecule is CCOC(=O)C1=C(C)N=C2CCCC(=O)C2[C@H]1c1cc(Br)c(O)c(OCC)c1. The molecule has 1 N–H and O–H groups in total. The minimum absolute atomic E-state index is 0.0105. The molecule has 0 spiro atoms. The second-order valence-electron chi connectivity index (χ2n) is 6.88. The molecule has 1 saturated carbocycles. The highest BCUT2D eigenvalue weighted by atomic mass is 79.9. The molecule has 1 aliphatic heterocycles.